The topological polar surface area (TPSA) is 71.0 Å². The number of carbonyl (C=O) groups is 2. The molecule has 0 spiro atoms. The molecule has 0 radical (unpaired) electrons. The molecule has 6 rings (SSSR count). The molecule has 0 bridgehead atoms. The molecule has 6 nitrogen and oxygen atoms in total. The molecule has 186 valence electrons. The highest BCUT2D eigenvalue weighted by molar-refractivity contribution is 6.34. The molecule has 0 saturated carbocycles. The number of benzene rings is 5. The zero-order chi connectivity index (χ0) is 26.2. The predicted molar refractivity (Wildman–Crippen MR) is 150 cm³/mol. The minimum absolute atomic E-state index is 0.245. The van der Waals surface area contributed by atoms with E-state index >= 15 is 0 Å². The molecule has 7 heteroatoms. The van der Waals surface area contributed by atoms with Gasteiger partial charge in [0.1, 0.15) is 0 Å². The van der Waals surface area contributed by atoms with Gasteiger partial charge in [-0.15, -0.1) is 5.10 Å². The van der Waals surface area contributed by atoms with E-state index in [0.717, 1.165) is 27.1 Å². The van der Waals surface area contributed by atoms with Crippen LogP contribution < -0.4 is 5.32 Å². The van der Waals surface area contributed by atoms with Crippen molar-refractivity contribution in [2.45, 2.75) is 13.2 Å². The second-order valence-corrected chi connectivity index (χ2v) is 9.39. The van der Waals surface area contributed by atoms with Crippen molar-refractivity contribution in [3.63, 3.8) is 0 Å². The van der Waals surface area contributed by atoms with Crippen molar-refractivity contribution in [2.24, 2.45) is 5.10 Å². The van der Waals surface area contributed by atoms with Crippen LogP contribution in [0.5, 0.6) is 0 Å². The van der Waals surface area contributed by atoms with E-state index in [1.54, 1.807) is 42.5 Å². The van der Waals surface area contributed by atoms with Crippen molar-refractivity contribution >= 4 is 56.5 Å². The third-order valence-corrected chi connectivity index (χ3v) is 6.84. The Balaban J connectivity index is 1.38. The highest BCUT2D eigenvalue weighted by Crippen LogP contribution is 2.39. The van der Waals surface area contributed by atoms with E-state index in [4.69, 9.17) is 16.3 Å². The third-order valence-electron chi connectivity index (χ3n) is 6.51. The second-order valence-electron chi connectivity index (χ2n) is 8.99. The highest BCUT2D eigenvalue weighted by Gasteiger charge is 2.35. The first-order valence-electron chi connectivity index (χ1n) is 12.1. The number of carbonyl (C=O) groups excluding carboxylic acids is 2. The molecule has 0 unspecified atom stereocenters. The van der Waals surface area contributed by atoms with E-state index in [9.17, 15) is 9.59 Å². The Labute approximate surface area is 224 Å². The van der Waals surface area contributed by atoms with Gasteiger partial charge < -0.3 is 10.1 Å². The number of hydrogen-bond donors (Lipinski definition) is 1. The first-order valence-corrected chi connectivity index (χ1v) is 12.5. The lowest BCUT2D eigenvalue weighted by molar-refractivity contribution is -0.135. The molecule has 1 aliphatic heterocycles. The van der Waals surface area contributed by atoms with Crippen LogP contribution in [0.15, 0.2) is 108 Å². The van der Waals surface area contributed by atoms with Gasteiger partial charge in [0.25, 0.3) is 5.91 Å². The van der Waals surface area contributed by atoms with E-state index < -0.39 is 6.23 Å². The van der Waals surface area contributed by atoms with Crippen LogP contribution in [-0.4, -0.2) is 22.7 Å². The number of amides is 2. The molecule has 38 heavy (non-hydrogen) atoms. The summed E-state index contributed by atoms with van der Waals surface area (Å²) in [6.45, 7) is 1.47. The summed E-state index contributed by atoms with van der Waals surface area (Å²) in [6.07, 6.45) is -0.750. The maximum absolute atomic E-state index is 12.8. The number of ether oxygens (including phenoxy) is 1. The summed E-state index contributed by atoms with van der Waals surface area (Å²) >= 11 is 6.19. The fourth-order valence-corrected chi connectivity index (χ4v) is 4.98. The van der Waals surface area contributed by atoms with Crippen LogP contribution in [0.2, 0.25) is 5.02 Å². The number of hydrazone groups is 1. The van der Waals surface area contributed by atoms with Gasteiger partial charge in [-0.3, -0.25) is 9.59 Å². The monoisotopic (exact) mass is 519 g/mol. The van der Waals surface area contributed by atoms with Gasteiger partial charge in [-0.25, -0.2) is 0 Å². The number of halogens is 1. The number of rotatable bonds is 4. The summed E-state index contributed by atoms with van der Waals surface area (Å²) in [5, 5.41) is 13.2. The Morgan fingerprint density at radius 2 is 1.50 bits per heavy atom. The SMILES string of the molecule is CC(=O)N1N=C(c2cccc(NC(=O)c3ccccc3Cl)c2)O[C@H]1c1c2ccccc2cc2ccccc12. The fourth-order valence-electron chi connectivity index (χ4n) is 4.76. The molecule has 0 fully saturated rings. The van der Waals surface area contributed by atoms with Gasteiger partial charge >= 0.3 is 0 Å². The number of nitrogens with one attached hydrogen (secondary N) is 1. The van der Waals surface area contributed by atoms with Crippen LogP contribution >= 0.6 is 11.6 Å². The van der Waals surface area contributed by atoms with Crippen molar-refractivity contribution in [1.29, 1.82) is 0 Å². The zero-order valence-corrected chi connectivity index (χ0v) is 21.1. The molecule has 1 N–H and O–H groups in total. The standard InChI is InChI=1S/C31H22ClN3O3/c1-19(36)35-31(28-24-13-4-2-9-20(24)17-21-10-3-5-14-25(21)28)38-30(34-35)22-11-8-12-23(18-22)33-29(37)26-15-6-7-16-27(26)32/h2-18,31H,1H3,(H,33,37)/t31-/m0/s1. The Bertz CT molecular complexity index is 1710. The van der Waals surface area contributed by atoms with E-state index in [1.165, 1.54) is 11.9 Å². The lowest BCUT2D eigenvalue weighted by Gasteiger charge is -2.23. The quantitative estimate of drug-likeness (QED) is 0.256. The maximum atomic E-state index is 12.8. The molecule has 0 aromatic heterocycles. The molecule has 1 aliphatic rings. The Morgan fingerprint density at radius 1 is 0.842 bits per heavy atom. The largest absolute Gasteiger partial charge is 0.446 e. The van der Waals surface area contributed by atoms with Crippen molar-refractivity contribution in [3.05, 3.63) is 125 Å². The Hall–Kier alpha value is -4.68. The van der Waals surface area contributed by atoms with E-state index in [1.807, 2.05) is 54.6 Å². The van der Waals surface area contributed by atoms with E-state index in [0.29, 0.717) is 21.8 Å². The molecule has 5 aromatic rings. The average Bonchev–Trinajstić information content (AvgIpc) is 3.37. The van der Waals surface area contributed by atoms with Crippen LogP contribution in [0.3, 0.4) is 0 Å². The summed E-state index contributed by atoms with van der Waals surface area (Å²) in [6, 6.07) is 32.2. The number of nitrogens with zero attached hydrogens (tertiary/aromatic N) is 2. The van der Waals surface area contributed by atoms with Crippen molar-refractivity contribution < 1.29 is 14.3 Å². The normalized spacial score (nSPS) is 14.8. The Morgan fingerprint density at radius 3 is 2.18 bits per heavy atom. The number of fused-ring (bicyclic) bond motifs is 2. The molecule has 0 saturated heterocycles. The molecule has 5 aromatic carbocycles. The maximum Gasteiger partial charge on any atom is 0.257 e. The minimum atomic E-state index is -0.750. The van der Waals surface area contributed by atoms with Gasteiger partial charge in [-0.2, -0.15) is 5.01 Å². The average molecular weight is 520 g/mol. The van der Waals surface area contributed by atoms with Gasteiger partial charge in [-0.1, -0.05) is 78.3 Å². The van der Waals surface area contributed by atoms with Crippen LogP contribution in [-0.2, 0) is 9.53 Å². The predicted octanol–water partition coefficient (Wildman–Crippen LogP) is 7.14. The van der Waals surface area contributed by atoms with Gasteiger partial charge in [-0.05, 0) is 57.9 Å². The summed E-state index contributed by atoms with van der Waals surface area (Å²) in [4.78, 5) is 25.5. The molecule has 0 aliphatic carbocycles. The van der Waals surface area contributed by atoms with Crippen LogP contribution in [0.25, 0.3) is 21.5 Å². The molecule has 1 heterocycles. The smallest absolute Gasteiger partial charge is 0.257 e. The lowest BCUT2D eigenvalue weighted by atomic mass is 9.95. The van der Waals surface area contributed by atoms with E-state index in [-0.39, 0.29) is 17.7 Å². The molecular formula is C31H22ClN3O3. The first-order chi connectivity index (χ1) is 18.5. The van der Waals surface area contributed by atoms with Gasteiger partial charge in [0.15, 0.2) is 0 Å². The van der Waals surface area contributed by atoms with Crippen molar-refractivity contribution in [1.82, 2.24) is 5.01 Å². The van der Waals surface area contributed by atoms with E-state index in [2.05, 4.69) is 16.5 Å². The first kappa shape index (κ1) is 23.7. The summed E-state index contributed by atoms with van der Waals surface area (Å²) < 4.78 is 6.41. The van der Waals surface area contributed by atoms with Crippen LogP contribution in [0.4, 0.5) is 5.69 Å². The van der Waals surface area contributed by atoms with Crippen LogP contribution in [0, 0.1) is 0 Å². The van der Waals surface area contributed by atoms with Gasteiger partial charge in [0.05, 0.1) is 10.6 Å². The molecular weight excluding hydrogens is 498 g/mol. The minimum Gasteiger partial charge on any atom is -0.446 e. The number of anilines is 1. The lowest BCUT2D eigenvalue weighted by Crippen LogP contribution is -2.25. The van der Waals surface area contributed by atoms with Gasteiger partial charge in [0.2, 0.25) is 18.0 Å². The molecule has 2 amide bonds. The summed E-state index contributed by atoms with van der Waals surface area (Å²) in [7, 11) is 0. The summed E-state index contributed by atoms with van der Waals surface area (Å²) in [5.41, 5.74) is 2.42. The van der Waals surface area contributed by atoms with Crippen molar-refractivity contribution in [3.8, 4) is 0 Å². The van der Waals surface area contributed by atoms with Crippen molar-refractivity contribution in [2.75, 3.05) is 5.32 Å². The Kier molecular flexibility index (Phi) is 6.02. The van der Waals surface area contributed by atoms with Crippen LogP contribution in [0.1, 0.15) is 34.6 Å². The molecule has 1 atom stereocenters. The second kappa shape index (κ2) is 9.65. The third kappa shape index (κ3) is 4.25. The summed E-state index contributed by atoms with van der Waals surface area (Å²) in [5.74, 6) is -0.284. The fraction of sp³-hybridized carbons (Fsp3) is 0.0645. The van der Waals surface area contributed by atoms with Gasteiger partial charge in [0, 0.05) is 23.7 Å². The number of hydrogen-bond acceptors (Lipinski definition) is 4. The zero-order valence-electron chi connectivity index (χ0n) is 20.4. The highest BCUT2D eigenvalue weighted by atomic mass is 35.5.